The Bertz CT molecular complexity index is 771. The fourth-order valence-electron chi connectivity index (χ4n) is 1.90. The van der Waals surface area contributed by atoms with Gasteiger partial charge in [0.2, 0.25) is 10.0 Å². The molecule has 1 heterocycles. The maximum Gasteiger partial charge on any atom is 0.322 e. The quantitative estimate of drug-likeness (QED) is 0.875. The number of rotatable bonds is 5. The number of nitrogens with zero attached hydrogens (tertiary/aromatic N) is 1. The van der Waals surface area contributed by atoms with Gasteiger partial charge in [-0.1, -0.05) is 32.0 Å². The fourth-order valence-corrected chi connectivity index (χ4v) is 3.22. The zero-order valence-electron chi connectivity index (χ0n) is 11.6. The third-order valence-corrected chi connectivity index (χ3v) is 4.50. The summed E-state index contributed by atoms with van der Waals surface area (Å²) in [7, 11) is -3.93. The third-order valence-electron chi connectivity index (χ3n) is 3.09. The van der Waals surface area contributed by atoms with Crippen molar-refractivity contribution in [2.75, 3.05) is 0 Å². The number of aromatic nitrogens is 1. The molecule has 6 nitrogen and oxygen atoms in total. The summed E-state index contributed by atoms with van der Waals surface area (Å²) in [6.45, 7) is 3.28. The Morgan fingerprint density at radius 2 is 1.95 bits per heavy atom. The predicted molar refractivity (Wildman–Crippen MR) is 78.3 cm³/mol. The Kier molecular flexibility index (Phi) is 4.24. The van der Waals surface area contributed by atoms with Crippen molar-refractivity contribution in [2.45, 2.75) is 24.8 Å². The molecule has 2 rings (SSSR count). The van der Waals surface area contributed by atoms with Crippen LogP contribution in [0.3, 0.4) is 0 Å². The molecule has 0 spiro atoms. The van der Waals surface area contributed by atoms with E-state index in [2.05, 4.69) is 9.71 Å². The number of carboxylic acid groups (broad SMARTS) is 1. The first kappa shape index (κ1) is 15.4. The van der Waals surface area contributed by atoms with E-state index >= 15 is 0 Å². The van der Waals surface area contributed by atoms with Gasteiger partial charge in [-0.2, -0.15) is 4.72 Å². The molecule has 0 aliphatic heterocycles. The number of benzene rings is 1. The van der Waals surface area contributed by atoms with E-state index in [9.17, 15) is 13.2 Å². The van der Waals surface area contributed by atoms with Gasteiger partial charge in [-0.05, 0) is 18.1 Å². The maximum atomic E-state index is 12.3. The second kappa shape index (κ2) is 5.79. The summed E-state index contributed by atoms with van der Waals surface area (Å²) in [5.74, 6) is -1.58. The lowest BCUT2D eigenvalue weighted by atomic mass is 10.1. The molecule has 1 aromatic carbocycles. The van der Waals surface area contributed by atoms with Crippen molar-refractivity contribution in [1.82, 2.24) is 9.71 Å². The Morgan fingerprint density at radius 3 is 2.57 bits per heavy atom. The number of carboxylic acids is 1. The summed E-state index contributed by atoms with van der Waals surface area (Å²) >= 11 is 0. The topological polar surface area (TPSA) is 96.4 Å². The van der Waals surface area contributed by atoms with Crippen molar-refractivity contribution in [2.24, 2.45) is 5.92 Å². The van der Waals surface area contributed by atoms with Gasteiger partial charge in [-0.15, -0.1) is 0 Å². The van der Waals surface area contributed by atoms with Crippen LogP contribution in [0.15, 0.2) is 41.4 Å². The van der Waals surface area contributed by atoms with E-state index in [0.29, 0.717) is 10.9 Å². The van der Waals surface area contributed by atoms with Crippen LogP contribution in [0.4, 0.5) is 0 Å². The minimum absolute atomic E-state index is 0.0481. The molecule has 0 unspecified atom stereocenters. The lowest BCUT2D eigenvalue weighted by Gasteiger charge is -2.17. The standard InChI is InChI=1S/C14H16N2O4S/c1-9(2)13(14(17)18)16-21(19,20)11-7-10-5-3-4-6-12(10)15-8-11/h3-9,13,16H,1-2H3,(H,17,18)/t13-/m1/s1. The van der Waals surface area contributed by atoms with Crippen LogP contribution in [-0.4, -0.2) is 30.5 Å². The molecule has 0 aliphatic carbocycles. The van der Waals surface area contributed by atoms with Gasteiger partial charge in [0.05, 0.1) is 5.52 Å². The number of nitrogens with one attached hydrogen (secondary N) is 1. The molecule has 7 heteroatoms. The number of pyridine rings is 1. The summed E-state index contributed by atoms with van der Waals surface area (Å²) in [4.78, 5) is 15.1. The van der Waals surface area contributed by atoms with Crippen LogP contribution in [0.5, 0.6) is 0 Å². The minimum atomic E-state index is -3.93. The van der Waals surface area contributed by atoms with E-state index in [-0.39, 0.29) is 10.8 Å². The van der Waals surface area contributed by atoms with E-state index in [1.54, 1.807) is 38.1 Å². The normalized spacial score (nSPS) is 13.5. The van der Waals surface area contributed by atoms with Crippen LogP contribution in [0, 0.1) is 5.92 Å². The van der Waals surface area contributed by atoms with Crippen LogP contribution >= 0.6 is 0 Å². The summed E-state index contributed by atoms with van der Waals surface area (Å²) in [5.41, 5.74) is 0.676. The van der Waals surface area contributed by atoms with E-state index in [4.69, 9.17) is 5.11 Å². The van der Waals surface area contributed by atoms with Gasteiger partial charge < -0.3 is 5.11 Å². The number of hydrogen-bond donors (Lipinski definition) is 2. The molecular weight excluding hydrogens is 292 g/mol. The monoisotopic (exact) mass is 308 g/mol. The molecule has 0 bridgehead atoms. The zero-order chi connectivity index (χ0) is 15.6. The van der Waals surface area contributed by atoms with Crippen molar-refractivity contribution in [3.8, 4) is 0 Å². The van der Waals surface area contributed by atoms with Crippen molar-refractivity contribution in [3.63, 3.8) is 0 Å². The molecule has 0 fully saturated rings. The first-order valence-electron chi connectivity index (χ1n) is 6.41. The van der Waals surface area contributed by atoms with Crippen LogP contribution in [0.1, 0.15) is 13.8 Å². The van der Waals surface area contributed by atoms with Gasteiger partial charge in [0, 0.05) is 11.6 Å². The average Bonchev–Trinajstić information content (AvgIpc) is 2.43. The number of sulfonamides is 1. The van der Waals surface area contributed by atoms with E-state index in [1.807, 2.05) is 0 Å². The lowest BCUT2D eigenvalue weighted by Crippen LogP contribution is -2.44. The third kappa shape index (κ3) is 3.37. The van der Waals surface area contributed by atoms with Crippen molar-refractivity contribution < 1.29 is 18.3 Å². The molecule has 0 saturated heterocycles. The van der Waals surface area contributed by atoms with Crippen LogP contribution in [0.2, 0.25) is 0 Å². The Labute approximate surface area is 122 Å². The first-order chi connectivity index (χ1) is 9.81. The number of carbonyl (C=O) groups is 1. The van der Waals surface area contributed by atoms with Gasteiger partial charge in [0.1, 0.15) is 10.9 Å². The highest BCUT2D eigenvalue weighted by molar-refractivity contribution is 7.89. The molecule has 2 aromatic rings. The first-order valence-corrected chi connectivity index (χ1v) is 7.89. The molecule has 0 saturated carbocycles. The maximum absolute atomic E-state index is 12.3. The smallest absolute Gasteiger partial charge is 0.322 e. The number of hydrogen-bond acceptors (Lipinski definition) is 4. The van der Waals surface area contributed by atoms with E-state index < -0.39 is 22.0 Å². The molecular formula is C14H16N2O4S. The van der Waals surface area contributed by atoms with Crippen LogP contribution < -0.4 is 4.72 Å². The molecule has 1 aromatic heterocycles. The van der Waals surface area contributed by atoms with Gasteiger partial charge in [-0.25, -0.2) is 8.42 Å². The summed E-state index contributed by atoms with van der Waals surface area (Å²) < 4.78 is 26.8. The van der Waals surface area contributed by atoms with Crippen molar-refractivity contribution in [3.05, 3.63) is 36.5 Å². The second-order valence-corrected chi connectivity index (χ2v) is 6.76. The molecule has 0 aliphatic rings. The van der Waals surface area contributed by atoms with E-state index in [1.165, 1.54) is 12.3 Å². The number of para-hydroxylation sites is 1. The van der Waals surface area contributed by atoms with E-state index in [0.717, 1.165) is 0 Å². The highest BCUT2D eigenvalue weighted by atomic mass is 32.2. The molecule has 21 heavy (non-hydrogen) atoms. The summed E-state index contributed by atoms with van der Waals surface area (Å²) in [6, 6.07) is 7.40. The molecule has 112 valence electrons. The largest absolute Gasteiger partial charge is 0.480 e. The SMILES string of the molecule is CC(C)[C@@H](NS(=O)(=O)c1cnc2ccccc2c1)C(=O)O. The zero-order valence-corrected chi connectivity index (χ0v) is 12.5. The Balaban J connectivity index is 2.39. The molecule has 1 atom stereocenters. The molecule has 0 radical (unpaired) electrons. The van der Waals surface area contributed by atoms with Crippen LogP contribution in [0.25, 0.3) is 10.9 Å². The van der Waals surface area contributed by atoms with Gasteiger partial charge in [0.15, 0.2) is 0 Å². The van der Waals surface area contributed by atoms with Gasteiger partial charge >= 0.3 is 5.97 Å². The highest BCUT2D eigenvalue weighted by Crippen LogP contribution is 2.17. The number of fused-ring (bicyclic) bond motifs is 1. The van der Waals surface area contributed by atoms with Crippen molar-refractivity contribution >= 4 is 26.9 Å². The highest BCUT2D eigenvalue weighted by Gasteiger charge is 2.28. The fraction of sp³-hybridized carbons (Fsp3) is 0.286. The lowest BCUT2D eigenvalue weighted by molar-refractivity contribution is -0.140. The Morgan fingerprint density at radius 1 is 1.29 bits per heavy atom. The Hall–Kier alpha value is -1.99. The van der Waals surface area contributed by atoms with Gasteiger partial charge in [-0.3, -0.25) is 9.78 Å². The van der Waals surface area contributed by atoms with Gasteiger partial charge in [0.25, 0.3) is 0 Å². The molecule has 0 amide bonds. The van der Waals surface area contributed by atoms with Crippen molar-refractivity contribution in [1.29, 1.82) is 0 Å². The minimum Gasteiger partial charge on any atom is -0.480 e. The summed E-state index contributed by atoms with van der Waals surface area (Å²) in [5, 5.41) is 9.76. The van der Waals surface area contributed by atoms with Crippen LogP contribution in [-0.2, 0) is 14.8 Å². The average molecular weight is 308 g/mol. The molecule has 2 N–H and O–H groups in total. The second-order valence-electron chi connectivity index (χ2n) is 5.04. The predicted octanol–water partition coefficient (Wildman–Crippen LogP) is 1.62. The summed E-state index contributed by atoms with van der Waals surface area (Å²) in [6.07, 6.45) is 1.23. The number of aliphatic carboxylic acids is 1.